The van der Waals surface area contributed by atoms with Crippen molar-refractivity contribution >= 4 is 21.6 Å². The van der Waals surface area contributed by atoms with E-state index in [4.69, 9.17) is 0 Å². The summed E-state index contributed by atoms with van der Waals surface area (Å²) in [6, 6.07) is 10.6. The summed E-state index contributed by atoms with van der Waals surface area (Å²) < 4.78 is 27.1. The van der Waals surface area contributed by atoms with E-state index < -0.39 is 10.0 Å². The van der Waals surface area contributed by atoms with Gasteiger partial charge >= 0.3 is 0 Å². The van der Waals surface area contributed by atoms with Crippen LogP contribution in [0.5, 0.6) is 0 Å². The Kier molecular flexibility index (Phi) is 6.21. The minimum Gasteiger partial charge on any atom is -0.322 e. The molecule has 140 valence electrons. The second-order valence-corrected chi connectivity index (χ2v) is 8.25. The second kappa shape index (κ2) is 8.01. The van der Waals surface area contributed by atoms with E-state index in [1.165, 1.54) is 10.4 Å². The average Bonchev–Trinajstić information content (AvgIpc) is 2.57. The van der Waals surface area contributed by atoms with Crippen molar-refractivity contribution < 1.29 is 13.2 Å². The smallest absolute Gasteiger partial charge is 0.255 e. The molecule has 0 atom stereocenters. The maximum absolute atomic E-state index is 12.8. The van der Waals surface area contributed by atoms with Crippen LogP contribution in [0.2, 0.25) is 0 Å². The zero-order chi connectivity index (χ0) is 19.5. The van der Waals surface area contributed by atoms with Crippen molar-refractivity contribution in [2.45, 2.75) is 39.5 Å². The first-order chi connectivity index (χ1) is 12.2. The van der Waals surface area contributed by atoms with E-state index in [1.54, 1.807) is 25.1 Å². The fraction of sp³-hybridized carbons (Fsp3) is 0.350. The lowest BCUT2D eigenvalue weighted by Crippen LogP contribution is -2.31. The molecule has 0 spiro atoms. The predicted octanol–water partition coefficient (Wildman–Crippen LogP) is 3.89. The van der Waals surface area contributed by atoms with Gasteiger partial charge in [-0.2, -0.15) is 4.31 Å². The number of benzene rings is 2. The quantitative estimate of drug-likeness (QED) is 0.834. The normalized spacial score (nSPS) is 11.6. The summed E-state index contributed by atoms with van der Waals surface area (Å²) in [5.74, 6) is -0.252. The van der Waals surface area contributed by atoms with Gasteiger partial charge in [-0.05, 0) is 50.1 Å². The van der Waals surface area contributed by atoms with Gasteiger partial charge in [0.05, 0.1) is 4.90 Å². The number of nitrogens with one attached hydrogen (secondary N) is 1. The average molecular weight is 375 g/mol. The molecule has 1 N–H and O–H groups in total. The van der Waals surface area contributed by atoms with E-state index in [2.05, 4.69) is 5.32 Å². The van der Waals surface area contributed by atoms with Crippen molar-refractivity contribution in [3.8, 4) is 0 Å². The number of aryl methyl sites for hydroxylation is 3. The fourth-order valence-electron chi connectivity index (χ4n) is 2.93. The first kappa shape index (κ1) is 20.1. The third-order valence-corrected chi connectivity index (χ3v) is 6.59. The van der Waals surface area contributed by atoms with Gasteiger partial charge in [0.25, 0.3) is 5.91 Å². The van der Waals surface area contributed by atoms with E-state index in [0.29, 0.717) is 29.9 Å². The van der Waals surface area contributed by atoms with Crippen molar-refractivity contribution in [3.63, 3.8) is 0 Å². The van der Waals surface area contributed by atoms with Gasteiger partial charge in [0.2, 0.25) is 10.0 Å². The van der Waals surface area contributed by atoms with Crippen molar-refractivity contribution in [3.05, 3.63) is 58.7 Å². The number of sulfonamides is 1. The fourth-order valence-corrected chi connectivity index (χ4v) is 4.63. The Labute approximate surface area is 156 Å². The zero-order valence-corrected chi connectivity index (χ0v) is 16.8. The van der Waals surface area contributed by atoms with Crippen LogP contribution in [-0.2, 0) is 10.0 Å². The Bertz CT molecular complexity index is 917. The number of amides is 1. The summed E-state index contributed by atoms with van der Waals surface area (Å²) in [5, 5.41) is 2.81. The molecule has 0 saturated heterocycles. The molecular weight excluding hydrogens is 348 g/mol. The monoisotopic (exact) mass is 374 g/mol. The number of carbonyl (C=O) groups excluding carboxylic acids is 1. The van der Waals surface area contributed by atoms with Gasteiger partial charge < -0.3 is 5.32 Å². The second-order valence-electron chi connectivity index (χ2n) is 6.34. The summed E-state index contributed by atoms with van der Waals surface area (Å²) in [4.78, 5) is 12.8. The van der Waals surface area contributed by atoms with E-state index in [-0.39, 0.29) is 10.8 Å². The third kappa shape index (κ3) is 4.14. The lowest BCUT2D eigenvalue weighted by Gasteiger charge is -2.20. The van der Waals surface area contributed by atoms with Crippen LogP contribution in [0.1, 0.15) is 40.9 Å². The molecule has 0 radical (unpaired) electrons. The Balaban J connectivity index is 2.36. The maximum Gasteiger partial charge on any atom is 0.255 e. The number of hydrogen-bond acceptors (Lipinski definition) is 3. The van der Waals surface area contributed by atoms with Crippen LogP contribution in [0.15, 0.2) is 41.3 Å². The number of hydrogen-bond donors (Lipinski definition) is 1. The molecule has 0 heterocycles. The lowest BCUT2D eigenvalue weighted by molar-refractivity contribution is 0.102. The molecule has 0 unspecified atom stereocenters. The lowest BCUT2D eigenvalue weighted by atomic mass is 10.1. The summed E-state index contributed by atoms with van der Waals surface area (Å²) in [7, 11) is -3.59. The molecule has 0 fully saturated rings. The Hall–Kier alpha value is -2.18. The van der Waals surface area contributed by atoms with Gasteiger partial charge in [-0.15, -0.1) is 0 Å². The van der Waals surface area contributed by atoms with Crippen LogP contribution in [0.4, 0.5) is 5.69 Å². The summed E-state index contributed by atoms with van der Waals surface area (Å²) in [6.45, 7) is 10.0. The summed E-state index contributed by atoms with van der Waals surface area (Å²) in [5.41, 5.74) is 3.66. The minimum atomic E-state index is -3.59. The molecule has 0 aliphatic rings. The van der Waals surface area contributed by atoms with Crippen LogP contribution in [0.3, 0.4) is 0 Å². The molecule has 0 aliphatic carbocycles. The highest BCUT2D eigenvalue weighted by molar-refractivity contribution is 7.89. The SMILES string of the molecule is CCN(CC)S(=O)(=O)c1cc(NC(=O)c2ccc(C)cc2C)ccc1C. The van der Waals surface area contributed by atoms with Crippen molar-refractivity contribution in [2.24, 2.45) is 0 Å². The molecule has 0 bridgehead atoms. The topological polar surface area (TPSA) is 66.5 Å². The van der Waals surface area contributed by atoms with Crippen molar-refractivity contribution in [1.82, 2.24) is 4.31 Å². The number of nitrogens with zero attached hydrogens (tertiary/aromatic N) is 1. The molecule has 26 heavy (non-hydrogen) atoms. The Morgan fingerprint density at radius 1 is 0.962 bits per heavy atom. The highest BCUT2D eigenvalue weighted by atomic mass is 32.2. The van der Waals surface area contributed by atoms with Gasteiger partial charge in [-0.25, -0.2) is 8.42 Å². The van der Waals surface area contributed by atoms with Gasteiger partial charge in [0, 0.05) is 24.3 Å². The Morgan fingerprint density at radius 3 is 2.19 bits per heavy atom. The first-order valence-corrected chi connectivity index (χ1v) is 10.1. The molecule has 1 amide bonds. The van der Waals surface area contributed by atoms with Crippen LogP contribution in [-0.4, -0.2) is 31.7 Å². The highest BCUT2D eigenvalue weighted by Crippen LogP contribution is 2.24. The molecule has 0 aromatic heterocycles. The van der Waals surface area contributed by atoms with Gasteiger partial charge in [0.15, 0.2) is 0 Å². The minimum absolute atomic E-state index is 0.222. The van der Waals surface area contributed by atoms with E-state index in [1.807, 2.05) is 39.8 Å². The third-order valence-electron chi connectivity index (χ3n) is 4.40. The van der Waals surface area contributed by atoms with Crippen molar-refractivity contribution in [2.75, 3.05) is 18.4 Å². The van der Waals surface area contributed by atoms with Gasteiger partial charge in [-0.1, -0.05) is 37.6 Å². The van der Waals surface area contributed by atoms with E-state index in [9.17, 15) is 13.2 Å². The molecule has 2 aromatic rings. The van der Waals surface area contributed by atoms with Crippen LogP contribution >= 0.6 is 0 Å². The van der Waals surface area contributed by atoms with Gasteiger partial charge in [-0.3, -0.25) is 4.79 Å². The number of rotatable bonds is 6. The maximum atomic E-state index is 12.8. The molecule has 5 nitrogen and oxygen atoms in total. The van der Waals surface area contributed by atoms with Crippen LogP contribution in [0, 0.1) is 20.8 Å². The molecule has 6 heteroatoms. The van der Waals surface area contributed by atoms with Crippen LogP contribution in [0.25, 0.3) is 0 Å². The zero-order valence-electron chi connectivity index (χ0n) is 16.0. The Morgan fingerprint density at radius 2 is 1.62 bits per heavy atom. The van der Waals surface area contributed by atoms with E-state index >= 15 is 0 Å². The largest absolute Gasteiger partial charge is 0.322 e. The van der Waals surface area contributed by atoms with Gasteiger partial charge in [0.1, 0.15) is 0 Å². The molecule has 0 saturated carbocycles. The van der Waals surface area contributed by atoms with Crippen LogP contribution < -0.4 is 5.32 Å². The van der Waals surface area contributed by atoms with E-state index in [0.717, 1.165) is 11.1 Å². The summed E-state index contributed by atoms with van der Waals surface area (Å²) in [6.07, 6.45) is 0. The molecule has 2 rings (SSSR count). The predicted molar refractivity (Wildman–Crippen MR) is 105 cm³/mol. The first-order valence-electron chi connectivity index (χ1n) is 8.70. The molecule has 2 aromatic carbocycles. The molecule has 0 aliphatic heterocycles. The number of anilines is 1. The number of carbonyl (C=O) groups is 1. The highest BCUT2D eigenvalue weighted by Gasteiger charge is 2.24. The summed E-state index contributed by atoms with van der Waals surface area (Å²) >= 11 is 0. The van der Waals surface area contributed by atoms with Crippen molar-refractivity contribution in [1.29, 1.82) is 0 Å². The standard InChI is InChI=1S/C20H26N2O3S/c1-6-22(7-2)26(24,25)19-13-17(10-9-15(19)4)21-20(23)18-11-8-14(3)12-16(18)5/h8-13H,6-7H2,1-5H3,(H,21,23). The molecular formula is C20H26N2O3S.